The summed E-state index contributed by atoms with van der Waals surface area (Å²) in [7, 11) is 0. The molecule has 110 valence electrons. The third-order valence-corrected chi connectivity index (χ3v) is 4.67. The summed E-state index contributed by atoms with van der Waals surface area (Å²) in [6.07, 6.45) is 4.06. The van der Waals surface area contributed by atoms with Crippen molar-refractivity contribution in [3.63, 3.8) is 0 Å². The molecule has 0 spiro atoms. The molecule has 1 aliphatic heterocycles. The zero-order valence-corrected chi connectivity index (χ0v) is 12.9. The highest BCUT2D eigenvalue weighted by molar-refractivity contribution is 5.16. The lowest BCUT2D eigenvalue weighted by Gasteiger charge is -2.41. The van der Waals surface area contributed by atoms with Crippen molar-refractivity contribution >= 4 is 0 Å². The Labute approximate surface area is 123 Å². The van der Waals surface area contributed by atoms with Crippen LogP contribution in [-0.4, -0.2) is 36.6 Å². The first-order chi connectivity index (χ1) is 9.72. The number of rotatable bonds is 5. The molecule has 0 aromatic heterocycles. The van der Waals surface area contributed by atoms with Crippen LogP contribution in [0.25, 0.3) is 0 Å². The fourth-order valence-electron chi connectivity index (χ4n) is 3.48. The van der Waals surface area contributed by atoms with E-state index in [9.17, 15) is 0 Å². The van der Waals surface area contributed by atoms with E-state index in [1.54, 1.807) is 0 Å². The van der Waals surface area contributed by atoms with Crippen molar-refractivity contribution in [3.8, 4) is 0 Å². The highest BCUT2D eigenvalue weighted by Gasteiger charge is 2.37. The maximum atomic E-state index is 3.81. The number of piperazine rings is 1. The molecule has 1 saturated heterocycles. The number of hydrogen-bond donors (Lipinski definition) is 1. The molecule has 0 bridgehead atoms. The first kappa shape index (κ1) is 14.1. The second-order valence-electron chi connectivity index (χ2n) is 7.04. The molecule has 2 nitrogen and oxygen atoms in total. The summed E-state index contributed by atoms with van der Waals surface area (Å²) >= 11 is 0. The molecular formula is C18H28N2. The summed E-state index contributed by atoms with van der Waals surface area (Å²) < 4.78 is 0. The summed E-state index contributed by atoms with van der Waals surface area (Å²) in [5, 5.41) is 3.81. The van der Waals surface area contributed by atoms with Crippen molar-refractivity contribution in [1.82, 2.24) is 10.2 Å². The van der Waals surface area contributed by atoms with Crippen LogP contribution in [0.5, 0.6) is 0 Å². The van der Waals surface area contributed by atoms with Gasteiger partial charge in [0.1, 0.15) is 0 Å². The molecular weight excluding hydrogens is 244 g/mol. The van der Waals surface area contributed by atoms with Gasteiger partial charge in [-0.3, -0.25) is 4.90 Å². The van der Waals surface area contributed by atoms with Crippen molar-refractivity contribution < 1.29 is 0 Å². The summed E-state index contributed by atoms with van der Waals surface area (Å²) in [6, 6.07) is 12.4. The fourth-order valence-corrected chi connectivity index (χ4v) is 3.48. The molecule has 1 aliphatic carbocycles. The minimum atomic E-state index is 0.662. The highest BCUT2D eigenvalue weighted by atomic mass is 15.2. The second kappa shape index (κ2) is 6.28. The average Bonchev–Trinajstić information content (AvgIpc) is 3.26. The van der Waals surface area contributed by atoms with Gasteiger partial charge in [-0.25, -0.2) is 0 Å². The predicted molar refractivity (Wildman–Crippen MR) is 84.9 cm³/mol. The molecule has 2 fully saturated rings. The van der Waals surface area contributed by atoms with E-state index in [2.05, 4.69) is 54.4 Å². The van der Waals surface area contributed by atoms with Gasteiger partial charge in [-0.1, -0.05) is 44.2 Å². The van der Waals surface area contributed by atoms with Crippen LogP contribution in [0.2, 0.25) is 0 Å². The van der Waals surface area contributed by atoms with E-state index in [1.165, 1.54) is 37.9 Å². The van der Waals surface area contributed by atoms with E-state index in [0.29, 0.717) is 6.04 Å². The Kier molecular flexibility index (Phi) is 4.42. The molecule has 1 heterocycles. The van der Waals surface area contributed by atoms with Crippen LogP contribution >= 0.6 is 0 Å². The molecule has 1 aromatic rings. The summed E-state index contributed by atoms with van der Waals surface area (Å²) in [6.45, 7) is 8.33. The maximum Gasteiger partial charge on any atom is 0.0261 e. The SMILES string of the molecule is CC(C)CN1CC(C2CC2)NCC1Cc1ccccc1. The number of nitrogens with one attached hydrogen (secondary N) is 1. The molecule has 2 aliphatic rings. The lowest BCUT2D eigenvalue weighted by Crippen LogP contribution is -2.58. The Morgan fingerprint density at radius 2 is 1.95 bits per heavy atom. The molecule has 2 unspecified atom stereocenters. The van der Waals surface area contributed by atoms with Crippen molar-refractivity contribution in [2.75, 3.05) is 19.6 Å². The first-order valence-electron chi connectivity index (χ1n) is 8.23. The standard InChI is InChI=1S/C18H28N2/c1-14(2)12-20-13-18(16-8-9-16)19-11-17(20)10-15-6-4-3-5-7-15/h3-7,14,16-19H,8-13H2,1-2H3. The summed E-state index contributed by atoms with van der Waals surface area (Å²) in [5.41, 5.74) is 1.47. The van der Waals surface area contributed by atoms with Gasteiger partial charge in [-0.15, -0.1) is 0 Å². The summed E-state index contributed by atoms with van der Waals surface area (Å²) in [4.78, 5) is 2.75. The molecule has 2 atom stereocenters. The molecule has 1 aromatic carbocycles. The number of benzene rings is 1. The molecule has 1 saturated carbocycles. The van der Waals surface area contributed by atoms with Crippen molar-refractivity contribution in [1.29, 1.82) is 0 Å². The second-order valence-corrected chi connectivity index (χ2v) is 7.04. The topological polar surface area (TPSA) is 15.3 Å². The monoisotopic (exact) mass is 272 g/mol. The van der Waals surface area contributed by atoms with Gasteiger partial charge in [0.05, 0.1) is 0 Å². The zero-order chi connectivity index (χ0) is 13.9. The largest absolute Gasteiger partial charge is 0.311 e. The minimum absolute atomic E-state index is 0.662. The molecule has 2 heteroatoms. The van der Waals surface area contributed by atoms with E-state index in [1.807, 2.05) is 0 Å². The Morgan fingerprint density at radius 1 is 1.20 bits per heavy atom. The van der Waals surface area contributed by atoms with Crippen LogP contribution in [0.1, 0.15) is 32.3 Å². The Bertz CT molecular complexity index is 411. The Morgan fingerprint density at radius 3 is 2.60 bits per heavy atom. The lowest BCUT2D eigenvalue weighted by atomic mass is 9.98. The smallest absolute Gasteiger partial charge is 0.0261 e. The van der Waals surface area contributed by atoms with Gasteiger partial charge < -0.3 is 5.32 Å². The van der Waals surface area contributed by atoms with E-state index in [-0.39, 0.29) is 0 Å². The maximum absolute atomic E-state index is 3.81. The van der Waals surface area contributed by atoms with Crippen LogP contribution in [0, 0.1) is 11.8 Å². The molecule has 0 amide bonds. The van der Waals surface area contributed by atoms with Gasteiger partial charge in [-0.2, -0.15) is 0 Å². The van der Waals surface area contributed by atoms with Crippen LogP contribution in [-0.2, 0) is 6.42 Å². The van der Waals surface area contributed by atoms with E-state index in [4.69, 9.17) is 0 Å². The van der Waals surface area contributed by atoms with Crippen LogP contribution in [0.15, 0.2) is 30.3 Å². The highest BCUT2D eigenvalue weighted by Crippen LogP contribution is 2.34. The van der Waals surface area contributed by atoms with Crippen molar-refractivity contribution in [3.05, 3.63) is 35.9 Å². The minimum Gasteiger partial charge on any atom is -0.311 e. The van der Waals surface area contributed by atoms with Crippen LogP contribution in [0.3, 0.4) is 0 Å². The lowest BCUT2D eigenvalue weighted by molar-refractivity contribution is 0.108. The van der Waals surface area contributed by atoms with E-state index >= 15 is 0 Å². The van der Waals surface area contributed by atoms with Crippen LogP contribution < -0.4 is 5.32 Å². The van der Waals surface area contributed by atoms with E-state index < -0.39 is 0 Å². The van der Waals surface area contributed by atoms with Crippen LogP contribution in [0.4, 0.5) is 0 Å². The summed E-state index contributed by atoms with van der Waals surface area (Å²) in [5.74, 6) is 1.72. The zero-order valence-electron chi connectivity index (χ0n) is 12.9. The number of hydrogen-bond acceptors (Lipinski definition) is 2. The van der Waals surface area contributed by atoms with E-state index in [0.717, 1.165) is 24.4 Å². The fraction of sp³-hybridized carbons (Fsp3) is 0.667. The van der Waals surface area contributed by atoms with Crippen molar-refractivity contribution in [2.24, 2.45) is 11.8 Å². The first-order valence-corrected chi connectivity index (χ1v) is 8.23. The van der Waals surface area contributed by atoms with Gasteiger partial charge in [0, 0.05) is 31.7 Å². The van der Waals surface area contributed by atoms with Gasteiger partial charge in [0.25, 0.3) is 0 Å². The predicted octanol–water partition coefficient (Wildman–Crippen LogP) is 2.94. The van der Waals surface area contributed by atoms with Gasteiger partial charge in [-0.05, 0) is 36.7 Å². The van der Waals surface area contributed by atoms with Gasteiger partial charge in [0.2, 0.25) is 0 Å². The van der Waals surface area contributed by atoms with Gasteiger partial charge >= 0.3 is 0 Å². The normalized spacial score (nSPS) is 27.9. The third-order valence-electron chi connectivity index (χ3n) is 4.67. The quantitative estimate of drug-likeness (QED) is 0.886. The average molecular weight is 272 g/mol. The van der Waals surface area contributed by atoms with Crippen molar-refractivity contribution in [2.45, 2.75) is 45.2 Å². The number of nitrogens with zero attached hydrogens (tertiary/aromatic N) is 1. The molecule has 1 N–H and O–H groups in total. The molecule has 20 heavy (non-hydrogen) atoms. The van der Waals surface area contributed by atoms with Gasteiger partial charge in [0.15, 0.2) is 0 Å². The Balaban J connectivity index is 1.64. The molecule has 0 radical (unpaired) electrons. The Hall–Kier alpha value is -0.860. The third kappa shape index (κ3) is 3.62. The molecule has 3 rings (SSSR count).